The molecule has 0 aliphatic rings. The molecule has 20 heavy (non-hydrogen) atoms. The van der Waals surface area contributed by atoms with Crippen LogP contribution < -0.4 is 5.19 Å². The van der Waals surface area contributed by atoms with Crippen LogP contribution in [0.25, 0.3) is 11.1 Å². The summed E-state index contributed by atoms with van der Waals surface area (Å²) in [7, 11) is -1.79. The number of benzene rings is 2. The van der Waals surface area contributed by atoms with Crippen molar-refractivity contribution in [3.8, 4) is 11.1 Å². The second-order valence-electron chi connectivity index (χ2n) is 4.37. The third-order valence-electron chi connectivity index (χ3n) is 2.98. The van der Waals surface area contributed by atoms with Gasteiger partial charge in [0, 0.05) is 13.2 Å². The van der Waals surface area contributed by atoms with E-state index in [1.54, 1.807) is 6.07 Å². The molecule has 0 heterocycles. The highest BCUT2D eigenvalue weighted by Gasteiger charge is 2.15. The minimum Gasteiger partial charge on any atom is -0.394 e. The topological polar surface area (TPSA) is 18.5 Å². The van der Waals surface area contributed by atoms with E-state index in [9.17, 15) is 4.39 Å². The molecule has 0 atom stereocenters. The summed E-state index contributed by atoms with van der Waals surface area (Å²) in [6.45, 7) is 5.26. The Labute approximate surface area is 121 Å². The lowest BCUT2D eigenvalue weighted by Gasteiger charge is -2.15. The van der Waals surface area contributed by atoms with E-state index in [0.29, 0.717) is 13.2 Å². The van der Waals surface area contributed by atoms with Crippen molar-refractivity contribution in [1.29, 1.82) is 0 Å². The van der Waals surface area contributed by atoms with Gasteiger partial charge in [-0.25, -0.2) is 4.39 Å². The Kier molecular flexibility index (Phi) is 5.46. The smallest absolute Gasteiger partial charge is 0.355 e. The van der Waals surface area contributed by atoms with Gasteiger partial charge in [0.15, 0.2) is 0 Å². The van der Waals surface area contributed by atoms with Crippen molar-refractivity contribution in [2.45, 2.75) is 13.8 Å². The van der Waals surface area contributed by atoms with Gasteiger partial charge in [0.25, 0.3) is 0 Å². The summed E-state index contributed by atoms with van der Waals surface area (Å²) in [6.07, 6.45) is 0. The highest BCUT2D eigenvalue weighted by molar-refractivity contribution is 6.61. The van der Waals surface area contributed by atoms with E-state index >= 15 is 0 Å². The second kappa shape index (κ2) is 7.33. The largest absolute Gasteiger partial charge is 0.394 e. The molecule has 0 radical (unpaired) electrons. The van der Waals surface area contributed by atoms with Crippen LogP contribution in [0.2, 0.25) is 0 Å². The molecule has 2 nitrogen and oxygen atoms in total. The van der Waals surface area contributed by atoms with Gasteiger partial charge < -0.3 is 8.85 Å². The SMILES string of the molecule is CCO[SiH](OCC)c1ccc(-c2cccc(F)c2)cc1. The Bertz CT molecular complexity index is 536. The van der Waals surface area contributed by atoms with Gasteiger partial charge in [-0.05, 0) is 42.3 Å². The van der Waals surface area contributed by atoms with E-state index in [4.69, 9.17) is 8.85 Å². The van der Waals surface area contributed by atoms with E-state index < -0.39 is 9.28 Å². The molecule has 0 bridgehead atoms. The van der Waals surface area contributed by atoms with Crippen molar-refractivity contribution in [1.82, 2.24) is 0 Å². The minimum absolute atomic E-state index is 0.220. The molecule has 0 aliphatic heterocycles. The highest BCUT2D eigenvalue weighted by atomic mass is 28.3. The maximum absolute atomic E-state index is 13.2. The van der Waals surface area contributed by atoms with Crippen LogP contribution in [0.4, 0.5) is 4.39 Å². The summed E-state index contributed by atoms with van der Waals surface area (Å²) in [5, 5.41) is 1.11. The first-order valence-corrected chi connectivity index (χ1v) is 8.35. The number of halogens is 1. The summed E-state index contributed by atoms with van der Waals surface area (Å²) in [5.41, 5.74) is 1.87. The Balaban J connectivity index is 2.20. The third kappa shape index (κ3) is 3.76. The zero-order valence-corrected chi connectivity index (χ0v) is 13.0. The van der Waals surface area contributed by atoms with E-state index in [-0.39, 0.29) is 5.82 Å². The zero-order chi connectivity index (χ0) is 14.4. The van der Waals surface area contributed by atoms with Crippen molar-refractivity contribution >= 4 is 14.5 Å². The Morgan fingerprint density at radius 1 is 0.900 bits per heavy atom. The minimum atomic E-state index is -1.79. The van der Waals surface area contributed by atoms with Gasteiger partial charge in [-0.1, -0.05) is 36.4 Å². The molecule has 0 saturated heterocycles. The molecule has 0 N–H and O–H groups in total. The maximum Gasteiger partial charge on any atom is 0.355 e. The zero-order valence-electron chi connectivity index (χ0n) is 11.8. The average Bonchev–Trinajstić information content (AvgIpc) is 2.47. The number of rotatable bonds is 6. The van der Waals surface area contributed by atoms with Gasteiger partial charge in [0.05, 0.1) is 0 Å². The molecular weight excluding hydrogens is 271 g/mol. The summed E-state index contributed by atoms with van der Waals surface area (Å²) in [4.78, 5) is 0. The lowest BCUT2D eigenvalue weighted by Crippen LogP contribution is -2.36. The molecule has 0 unspecified atom stereocenters. The van der Waals surface area contributed by atoms with Gasteiger partial charge in [-0.15, -0.1) is 0 Å². The van der Waals surface area contributed by atoms with Crippen LogP contribution >= 0.6 is 0 Å². The van der Waals surface area contributed by atoms with Gasteiger partial charge in [0.1, 0.15) is 5.82 Å². The molecule has 2 rings (SSSR count). The fraction of sp³-hybridized carbons (Fsp3) is 0.250. The first kappa shape index (κ1) is 14.9. The summed E-state index contributed by atoms with van der Waals surface area (Å²) in [6, 6.07) is 14.6. The van der Waals surface area contributed by atoms with Crippen LogP contribution in [0.3, 0.4) is 0 Å². The predicted octanol–water partition coefficient (Wildman–Crippen LogP) is 2.99. The van der Waals surface area contributed by atoms with Crippen molar-refractivity contribution in [3.05, 3.63) is 54.3 Å². The van der Waals surface area contributed by atoms with Crippen molar-refractivity contribution in [2.24, 2.45) is 0 Å². The predicted molar refractivity (Wildman–Crippen MR) is 81.9 cm³/mol. The fourth-order valence-electron chi connectivity index (χ4n) is 2.04. The third-order valence-corrected chi connectivity index (χ3v) is 5.18. The molecule has 106 valence electrons. The lowest BCUT2D eigenvalue weighted by molar-refractivity contribution is 0.225. The fourth-order valence-corrected chi connectivity index (χ4v) is 3.64. The van der Waals surface area contributed by atoms with Gasteiger partial charge in [-0.2, -0.15) is 0 Å². The summed E-state index contributed by atoms with van der Waals surface area (Å²) < 4.78 is 24.6. The molecule has 0 spiro atoms. The van der Waals surface area contributed by atoms with Crippen molar-refractivity contribution in [3.63, 3.8) is 0 Å². The molecule has 2 aromatic carbocycles. The van der Waals surface area contributed by atoms with Gasteiger partial charge in [0.2, 0.25) is 0 Å². The number of hydrogen-bond acceptors (Lipinski definition) is 2. The Hall–Kier alpha value is -1.49. The van der Waals surface area contributed by atoms with E-state index in [2.05, 4.69) is 0 Å². The quantitative estimate of drug-likeness (QED) is 0.762. The maximum atomic E-state index is 13.2. The molecule has 2 aromatic rings. The van der Waals surface area contributed by atoms with Crippen LogP contribution in [-0.4, -0.2) is 22.5 Å². The average molecular weight is 290 g/mol. The summed E-state index contributed by atoms with van der Waals surface area (Å²) >= 11 is 0. The van der Waals surface area contributed by atoms with Crippen molar-refractivity contribution in [2.75, 3.05) is 13.2 Å². The molecular formula is C16H19FO2Si. The second-order valence-corrected chi connectivity index (χ2v) is 6.37. The first-order valence-electron chi connectivity index (χ1n) is 6.83. The Morgan fingerprint density at radius 3 is 2.10 bits per heavy atom. The van der Waals surface area contributed by atoms with Gasteiger partial charge >= 0.3 is 9.28 Å². The molecule has 0 fully saturated rings. The number of hydrogen-bond donors (Lipinski definition) is 0. The van der Waals surface area contributed by atoms with Crippen LogP contribution in [0.5, 0.6) is 0 Å². The molecule has 0 amide bonds. The summed E-state index contributed by atoms with van der Waals surface area (Å²) in [5.74, 6) is -0.220. The molecule has 0 aromatic heterocycles. The van der Waals surface area contributed by atoms with Crippen LogP contribution in [0.1, 0.15) is 13.8 Å². The molecule has 0 saturated carbocycles. The van der Waals surface area contributed by atoms with E-state index in [1.165, 1.54) is 12.1 Å². The highest BCUT2D eigenvalue weighted by Crippen LogP contribution is 2.19. The van der Waals surface area contributed by atoms with E-state index in [1.807, 2.05) is 44.2 Å². The molecule has 0 aliphatic carbocycles. The van der Waals surface area contributed by atoms with Crippen molar-refractivity contribution < 1.29 is 13.2 Å². The van der Waals surface area contributed by atoms with Crippen LogP contribution in [-0.2, 0) is 8.85 Å². The van der Waals surface area contributed by atoms with Crippen LogP contribution in [0.15, 0.2) is 48.5 Å². The molecule has 4 heteroatoms. The monoisotopic (exact) mass is 290 g/mol. The standard InChI is InChI=1S/C16H19FO2Si/c1-3-18-20(19-4-2)16-10-8-13(9-11-16)14-6-5-7-15(17)12-14/h5-12,20H,3-4H2,1-2H3. The van der Waals surface area contributed by atoms with Gasteiger partial charge in [-0.3, -0.25) is 0 Å². The first-order chi connectivity index (χ1) is 9.74. The normalized spacial score (nSPS) is 11.0. The van der Waals surface area contributed by atoms with Crippen LogP contribution in [0, 0.1) is 5.82 Å². The lowest BCUT2D eigenvalue weighted by atomic mass is 10.1. The Morgan fingerprint density at radius 2 is 1.55 bits per heavy atom. The van der Waals surface area contributed by atoms with E-state index in [0.717, 1.165) is 16.3 Å².